The molecule has 2 heterocycles. The first-order valence-corrected chi connectivity index (χ1v) is 10.7. The van der Waals surface area contributed by atoms with E-state index in [4.69, 9.17) is 21.1 Å². The van der Waals surface area contributed by atoms with Gasteiger partial charge in [-0.3, -0.25) is 4.68 Å². The largest absolute Gasteiger partial charge is 0.357 e. The fraction of sp³-hybridized carbons (Fsp3) is 0.217. The van der Waals surface area contributed by atoms with Gasteiger partial charge in [0.05, 0.1) is 19.6 Å². The van der Waals surface area contributed by atoms with E-state index in [9.17, 15) is 0 Å². The smallest absolute Gasteiger partial charge is 0.246 e. The minimum absolute atomic E-state index is 0. The van der Waals surface area contributed by atoms with Crippen molar-refractivity contribution in [1.29, 1.82) is 0 Å². The second-order valence-electron chi connectivity index (χ2n) is 7.04. The highest BCUT2D eigenvalue weighted by Gasteiger charge is 2.10. The van der Waals surface area contributed by atoms with Gasteiger partial charge >= 0.3 is 0 Å². The first-order chi connectivity index (χ1) is 15.7. The van der Waals surface area contributed by atoms with E-state index >= 15 is 0 Å². The molecular formula is C23H25ClIN7O. The summed E-state index contributed by atoms with van der Waals surface area (Å²) >= 11 is 6.05. The maximum absolute atomic E-state index is 6.05. The Morgan fingerprint density at radius 1 is 1.09 bits per heavy atom. The van der Waals surface area contributed by atoms with Gasteiger partial charge in [-0.05, 0) is 36.2 Å². The van der Waals surface area contributed by atoms with Crippen molar-refractivity contribution in [2.75, 3.05) is 6.54 Å². The van der Waals surface area contributed by atoms with Gasteiger partial charge in [0.15, 0.2) is 5.96 Å². The van der Waals surface area contributed by atoms with Crippen molar-refractivity contribution in [3.8, 4) is 11.4 Å². The SMILES string of the molecule is CCNC(=NCc1ccccc1Cn1cccn1)NCc1nc(-c2cccc(Cl)c2)no1.I. The zero-order valence-electron chi connectivity index (χ0n) is 18.1. The molecule has 2 aromatic carbocycles. The number of nitrogens with one attached hydrogen (secondary N) is 2. The van der Waals surface area contributed by atoms with Gasteiger partial charge in [0.2, 0.25) is 11.7 Å². The first kappa shape index (κ1) is 24.7. The zero-order chi connectivity index (χ0) is 22.2. The Hall–Kier alpha value is -2.92. The number of aliphatic imine (C=N–C) groups is 1. The van der Waals surface area contributed by atoms with Crippen molar-refractivity contribution in [3.05, 3.63) is 89.0 Å². The van der Waals surface area contributed by atoms with Crippen LogP contribution in [0.5, 0.6) is 0 Å². The molecule has 0 aliphatic carbocycles. The summed E-state index contributed by atoms with van der Waals surface area (Å²) in [6.45, 7) is 4.35. The molecule has 0 aliphatic rings. The average molecular weight is 578 g/mol. The molecule has 0 saturated carbocycles. The second-order valence-corrected chi connectivity index (χ2v) is 7.48. The molecule has 0 saturated heterocycles. The number of nitrogens with zero attached hydrogens (tertiary/aromatic N) is 5. The predicted molar refractivity (Wildman–Crippen MR) is 140 cm³/mol. The summed E-state index contributed by atoms with van der Waals surface area (Å²) in [6.07, 6.45) is 3.73. The summed E-state index contributed by atoms with van der Waals surface area (Å²) in [4.78, 5) is 9.16. The Labute approximate surface area is 214 Å². The first-order valence-electron chi connectivity index (χ1n) is 10.4. The molecule has 172 valence electrons. The van der Waals surface area contributed by atoms with Crippen LogP contribution in [-0.2, 0) is 19.6 Å². The Balaban J connectivity index is 0.00000306. The lowest BCUT2D eigenvalue weighted by atomic mass is 10.1. The summed E-state index contributed by atoms with van der Waals surface area (Å²) in [6, 6.07) is 17.5. The van der Waals surface area contributed by atoms with Gasteiger partial charge in [-0.15, -0.1) is 24.0 Å². The van der Waals surface area contributed by atoms with E-state index in [1.54, 1.807) is 18.3 Å². The molecule has 0 atom stereocenters. The van der Waals surface area contributed by atoms with Crippen LogP contribution in [0.4, 0.5) is 0 Å². The Bertz CT molecular complexity index is 1180. The third-order valence-electron chi connectivity index (χ3n) is 4.72. The Kier molecular flexibility index (Phi) is 9.25. The fourth-order valence-corrected chi connectivity index (χ4v) is 3.36. The van der Waals surface area contributed by atoms with Crippen molar-refractivity contribution < 1.29 is 4.52 Å². The minimum atomic E-state index is 0. The molecule has 8 nitrogen and oxygen atoms in total. The van der Waals surface area contributed by atoms with Crippen LogP contribution in [0.1, 0.15) is 23.9 Å². The van der Waals surface area contributed by atoms with Gasteiger partial charge in [0, 0.05) is 29.5 Å². The molecule has 33 heavy (non-hydrogen) atoms. The van der Waals surface area contributed by atoms with E-state index in [2.05, 4.69) is 38.0 Å². The van der Waals surface area contributed by atoms with Gasteiger partial charge in [-0.2, -0.15) is 10.1 Å². The summed E-state index contributed by atoms with van der Waals surface area (Å²) in [5.74, 6) is 1.63. The highest BCUT2D eigenvalue weighted by molar-refractivity contribution is 14.0. The molecular weight excluding hydrogens is 553 g/mol. The second kappa shape index (κ2) is 12.4. The number of hydrogen-bond acceptors (Lipinski definition) is 5. The van der Waals surface area contributed by atoms with Crippen LogP contribution in [0.25, 0.3) is 11.4 Å². The van der Waals surface area contributed by atoms with Crippen LogP contribution in [0, 0.1) is 0 Å². The van der Waals surface area contributed by atoms with Crippen LogP contribution in [0.15, 0.2) is 76.5 Å². The van der Waals surface area contributed by atoms with E-state index < -0.39 is 0 Å². The summed E-state index contributed by atoms with van der Waals surface area (Å²) < 4.78 is 7.27. The molecule has 0 unspecified atom stereocenters. The van der Waals surface area contributed by atoms with E-state index in [1.165, 1.54) is 5.56 Å². The highest BCUT2D eigenvalue weighted by Crippen LogP contribution is 2.19. The van der Waals surface area contributed by atoms with Gasteiger partial charge in [-0.25, -0.2) is 4.99 Å². The molecule has 2 aromatic heterocycles. The lowest BCUT2D eigenvalue weighted by Gasteiger charge is -2.11. The maximum Gasteiger partial charge on any atom is 0.246 e. The van der Waals surface area contributed by atoms with Crippen molar-refractivity contribution in [3.63, 3.8) is 0 Å². The lowest BCUT2D eigenvalue weighted by molar-refractivity contribution is 0.375. The quantitative estimate of drug-likeness (QED) is 0.182. The highest BCUT2D eigenvalue weighted by atomic mass is 127. The van der Waals surface area contributed by atoms with Crippen molar-refractivity contribution in [2.45, 2.75) is 26.6 Å². The third-order valence-corrected chi connectivity index (χ3v) is 4.95. The predicted octanol–water partition coefficient (Wildman–Crippen LogP) is 4.51. The van der Waals surface area contributed by atoms with Gasteiger partial charge in [-0.1, -0.05) is 53.2 Å². The number of rotatable bonds is 8. The van der Waals surface area contributed by atoms with Crippen LogP contribution in [0.2, 0.25) is 5.02 Å². The summed E-state index contributed by atoms with van der Waals surface area (Å²) in [7, 11) is 0. The molecule has 0 aliphatic heterocycles. The van der Waals surface area contributed by atoms with E-state index in [0.717, 1.165) is 17.7 Å². The number of benzene rings is 2. The third kappa shape index (κ3) is 7.03. The lowest BCUT2D eigenvalue weighted by Crippen LogP contribution is -2.36. The standard InChI is InChI=1S/C23H24ClN7O.HI/c1-2-25-23(26-14-18-7-3-4-8-19(18)16-31-12-6-11-28-31)27-15-21-29-22(30-32-21)17-9-5-10-20(24)13-17;/h3-13H,2,14-16H2,1H3,(H2,25,26,27);1H. The molecule has 0 spiro atoms. The molecule has 10 heteroatoms. The van der Waals surface area contributed by atoms with E-state index in [-0.39, 0.29) is 24.0 Å². The Morgan fingerprint density at radius 2 is 1.94 bits per heavy atom. The number of hydrogen-bond donors (Lipinski definition) is 2. The molecule has 0 amide bonds. The Morgan fingerprint density at radius 3 is 2.70 bits per heavy atom. The van der Waals surface area contributed by atoms with Crippen LogP contribution >= 0.6 is 35.6 Å². The van der Waals surface area contributed by atoms with E-state index in [1.807, 2.05) is 48.1 Å². The summed E-state index contributed by atoms with van der Waals surface area (Å²) in [5, 5.41) is 15.5. The number of aromatic nitrogens is 4. The van der Waals surface area contributed by atoms with Crippen LogP contribution in [-0.4, -0.2) is 32.4 Å². The monoisotopic (exact) mass is 577 g/mol. The molecule has 0 radical (unpaired) electrons. The van der Waals surface area contributed by atoms with Crippen molar-refractivity contribution in [1.82, 2.24) is 30.6 Å². The fourth-order valence-electron chi connectivity index (χ4n) is 3.17. The normalized spacial score (nSPS) is 11.2. The van der Waals surface area contributed by atoms with Gasteiger partial charge < -0.3 is 15.2 Å². The molecule has 2 N–H and O–H groups in total. The molecule has 4 aromatic rings. The summed E-state index contributed by atoms with van der Waals surface area (Å²) in [5.41, 5.74) is 3.13. The average Bonchev–Trinajstić information content (AvgIpc) is 3.49. The van der Waals surface area contributed by atoms with E-state index in [0.29, 0.717) is 42.3 Å². The zero-order valence-corrected chi connectivity index (χ0v) is 21.2. The van der Waals surface area contributed by atoms with Gasteiger partial charge in [0.25, 0.3) is 0 Å². The molecule has 0 bridgehead atoms. The molecule has 0 fully saturated rings. The topological polar surface area (TPSA) is 93.2 Å². The van der Waals surface area contributed by atoms with Crippen molar-refractivity contribution >= 4 is 41.5 Å². The van der Waals surface area contributed by atoms with Crippen LogP contribution in [0.3, 0.4) is 0 Å². The minimum Gasteiger partial charge on any atom is -0.357 e. The number of halogens is 2. The number of guanidine groups is 1. The van der Waals surface area contributed by atoms with Gasteiger partial charge in [0.1, 0.15) is 0 Å². The van der Waals surface area contributed by atoms with Crippen LogP contribution < -0.4 is 10.6 Å². The molecule has 4 rings (SSSR count). The maximum atomic E-state index is 6.05. The van der Waals surface area contributed by atoms with Crippen molar-refractivity contribution in [2.24, 2.45) is 4.99 Å².